The molecule has 0 bridgehead atoms. The Balaban J connectivity index is 2.50. The molecule has 16 heavy (non-hydrogen) atoms. The fourth-order valence-corrected chi connectivity index (χ4v) is 1.55. The fraction of sp³-hybridized carbons (Fsp3) is 0.889. The highest BCUT2D eigenvalue weighted by atomic mass is 19.4. The molecule has 1 atom stereocenters. The first kappa shape index (κ1) is 13.1. The zero-order chi connectivity index (χ0) is 12.3. The van der Waals surface area contributed by atoms with Gasteiger partial charge in [-0.1, -0.05) is 13.8 Å². The zero-order valence-corrected chi connectivity index (χ0v) is 9.17. The quantitative estimate of drug-likeness (QED) is 0.756. The Kier molecular flexibility index (Phi) is 4.01. The van der Waals surface area contributed by atoms with Crippen LogP contribution in [0.15, 0.2) is 0 Å². The number of ether oxygens (including phenoxy) is 1. The molecule has 1 aliphatic heterocycles. The van der Waals surface area contributed by atoms with E-state index in [0.29, 0.717) is 6.54 Å². The van der Waals surface area contributed by atoms with Gasteiger partial charge < -0.3 is 15.0 Å². The van der Waals surface area contributed by atoms with E-state index in [2.05, 4.69) is 10.1 Å². The van der Waals surface area contributed by atoms with Gasteiger partial charge >= 0.3 is 12.5 Å². The third-order valence-corrected chi connectivity index (χ3v) is 2.47. The average Bonchev–Trinajstić information content (AvgIpc) is 2.15. The van der Waals surface area contributed by atoms with Gasteiger partial charge in [0.1, 0.15) is 0 Å². The van der Waals surface area contributed by atoms with Gasteiger partial charge in [-0.3, -0.25) is 0 Å². The first-order valence-corrected chi connectivity index (χ1v) is 5.07. The number of hydrogen-bond donors (Lipinski definition) is 1. The molecule has 94 valence electrons. The van der Waals surface area contributed by atoms with E-state index in [1.165, 1.54) is 0 Å². The van der Waals surface area contributed by atoms with Gasteiger partial charge in [0.25, 0.3) is 0 Å². The van der Waals surface area contributed by atoms with E-state index in [1.807, 2.05) is 13.8 Å². The summed E-state index contributed by atoms with van der Waals surface area (Å²) in [5.41, 5.74) is 0. The van der Waals surface area contributed by atoms with Crippen LogP contribution < -0.4 is 5.32 Å². The molecule has 4 nitrogen and oxygen atoms in total. The van der Waals surface area contributed by atoms with Crippen LogP contribution >= 0.6 is 0 Å². The van der Waals surface area contributed by atoms with Crippen LogP contribution in [0.4, 0.5) is 18.0 Å². The van der Waals surface area contributed by atoms with Crippen molar-refractivity contribution in [1.29, 1.82) is 0 Å². The van der Waals surface area contributed by atoms with Gasteiger partial charge in [0, 0.05) is 25.7 Å². The molecule has 0 aliphatic carbocycles. The predicted molar refractivity (Wildman–Crippen MR) is 50.7 cm³/mol. The summed E-state index contributed by atoms with van der Waals surface area (Å²) in [6.45, 7) is 4.84. The highest BCUT2D eigenvalue weighted by molar-refractivity contribution is 5.68. The van der Waals surface area contributed by atoms with Crippen molar-refractivity contribution < 1.29 is 22.7 Å². The van der Waals surface area contributed by atoms with Crippen molar-refractivity contribution in [1.82, 2.24) is 10.2 Å². The lowest BCUT2D eigenvalue weighted by molar-refractivity contribution is -0.295. The van der Waals surface area contributed by atoms with E-state index in [1.54, 1.807) is 0 Å². The second-order valence-electron chi connectivity index (χ2n) is 4.06. The molecule has 1 rings (SSSR count). The molecule has 0 aromatic heterocycles. The van der Waals surface area contributed by atoms with E-state index in [0.717, 1.165) is 4.90 Å². The SMILES string of the molecule is CC(C)[C@H]1CN(C(=O)OC(F)(F)F)CCN1. The summed E-state index contributed by atoms with van der Waals surface area (Å²) in [7, 11) is 0. The van der Waals surface area contributed by atoms with Gasteiger partial charge in [-0.25, -0.2) is 4.79 Å². The van der Waals surface area contributed by atoms with Crippen molar-refractivity contribution in [2.45, 2.75) is 26.3 Å². The summed E-state index contributed by atoms with van der Waals surface area (Å²) < 4.78 is 38.9. The summed E-state index contributed by atoms with van der Waals surface area (Å²) in [4.78, 5) is 12.2. The molecule has 1 amide bonds. The summed E-state index contributed by atoms with van der Waals surface area (Å²) in [6, 6.07) is 0.00883. The first-order valence-electron chi connectivity index (χ1n) is 5.07. The largest absolute Gasteiger partial charge is 0.576 e. The Labute approximate surface area is 91.7 Å². The first-order chi connectivity index (χ1) is 7.29. The Morgan fingerprint density at radius 1 is 1.50 bits per heavy atom. The fourth-order valence-electron chi connectivity index (χ4n) is 1.55. The maximum Gasteiger partial charge on any atom is 0.576 e. The van der Waals surface area contributed by atoms with Crippen LogP contribution in [0.25, 0.3) is 0 Å². The highest BCUT2D eigenvalue weighted by Crippen LogP contribution is 2.19. The van der Waals surface area contributed by atoms with Crippen molar-refractivity contribution >= 4 is 6.09 Å². The van der Waals surface area contributed by atoms with E-state index < -0.39 is 12.5 Å². The summed E-state index contributed by atoms with van der Waals surface area (Å²) >= 11 is 0. The van der Waals surface area contributed by atoms with Crippen LogP contribution in [-0.4, -0.2) is 43.0 Å². The maximum absolute atomic E-state index is 11.8. The molecule has 0 saturated carbocycles. The molecule has 0 spiro atoms. The number of rotatable bonds is 1. The third-order valence-electron chi connectivity index (χ3n) is 2.47. The van der Waals surface area contributed by atoms with Crippen LogP contribution in [0.3, 0.4) is 0 Å². The molecule has 1 saturated heterocycles. The lowest BCUT2D eigenvalue weighted by Gasteiger charge is -2.35. The molecule has 0 aromatic rings. The number of alkyl halides is 3. The summed E-state index contributed by atoms with van der Waals surface area (Å²) in [5.74, 6) is 0.251. The molecule has 1 fully saturated rings. The van der Waals surface area contributed by atoms with Crippen molar-refractivity contribution in [2.24, 2.45) is 5.92 Å². The molecule has 7 heteroatoms. The monoisotopic (exact) mass is 240 g/mol. The normalized spacial score (nSPS) is 22.4. The van der Waals surface area contributed by atoms with Crippen LogP contribution in [0.5, 0.6) is 0 Å². The average molecular weight is 240 g/mol. The number of amides is 1. The van der Waals surface area contributed by atoms with Gasteiger partial charge in [0.05, 0.1) is 0 Å². The van der Waals surface area contributed by atoms with Gasteiger partial charge in [0.15, 0.2) is 0 Å². The molecule has 1 aliphatic rings. The standard InChI is InChI=1S/C9H15F3N2O2/c1-6(2)7-5-14(4-3-13-7)8(15)16-9(10,11)12/h6-7,13H,3-5H2,1-2H3/t7-/m1/s1. The van der Waals surface area contributed by atoms with Crippen molar-refractivity contribution in [3.05, 3.63) is 0 Å². The number of nitrogens with zero attached hydrogens (tertiary/aromatic N) is 1. The topological polar surface area (TPSA) is 41.6 Å². The van der Waals surface area contributed by atoms with Crippen LogP contribution in [0.2, 0.25) is 0 Å². The Morgan fingerprint density at radius 3 is 2.62 bits per heavy atom. The summed E-state index contributed by atoms with van der Waals surface area (Å²) in [5, 5.41) is 3.14. The highest BCUT2D eigenvalue weighted by Gasteiger charge is 2.37. The lowest BCUT2D eigenvalue weighted by atomic mass is 10.0. The molecule has 1 heterocycles. The molecular formula is C9H15F3N2O2. The minimum absolute atomic E-state index is 0.00883. The van der Waals surface area contributed by atoms with Crippen molar-refractivity contribution in [2.75, 3.05) is 19.6 Å². The number of hydrogen-bond acceptors (Lipinski definition) is 3. The number of nitrogens with one attached hydrogen (secondary N) is 1. The molecule has 0 unspecified atom stereocenters. The smallest absolute Gasteiger partial charge is 0.356 e. The van der Waals surface area contributed by atoms with E-state index in [9.17, 15) is 18.0 Å². The second-order valence-corrected chi connectivity index (χ2v) is 4.06. The number of carbonyl (C=O) groups is 1. The van der Waals surface area contributed by atoms with Crippen LogP contribution in [-0.2, 0) is 4.74 Å². The number of carbonyl (C=O) groups excluding carboxylic acids is 1. The van der Waals surface area contributed by atoms with Gasteiger partial charge in [-0.05, 0) is 5.92 Å². The lowest BCUT2D eigenvalue weighted by Crippen LogP contribution is -2.55. The van der Waals surface area contributed by atoms with E-state index in [-0.39, 0.29) is 25.0 Å². The van der Waals surface area contributed by atoms with Crippen molar-refractivity contribution in [3.63, 3.8) is 0 Å². The summed E-state index contributed by atoms with van der Waals surface area (Å²) in [6.07, 6.45) is -6.23. The third kappa shape index (κ3) is 3.88. The van der Waals surface area contributed by atoms with Crippen LogP contribution in [0, 0.1) is 5.92 Å². The molecular weight excluding hydrogens is 225 g/mol. The minimum Gasteiger partial charge on any atom is -0.356 e. The van der Waals surface area contributed by atoms with E-state index >= 15 is 0 Å². The Bertz CT molecular complexity index is 256. The molecule has 0 radical (unpaired) electrons. The minimum atomic E-state index is -4.91. The Hall–Kier alpha value is -0.980. The maximum atomic E-state index is 11.8. The van der Waals surface area contributed by atoms with E-state index in [4.69, 9.17) is 0 Å². The second kappa shape index (κ2) is 4.90. The zero-order valence-electron chi connectivity index (χ0n) is 9.17. The van der Waals surface area contributed by atoms with Crippen molar-refractivity contribution in [3.8, 4) is 0 Å². The van der Waals surface area contributed by atoms with Gasteiger partial charge in [-0.2, -0.15) is 0 Å². The molecule has 1 N–H and O–H groups in total. The Morgan fingerprint density at radius 2 is 2.12 bits per heavy atom. The van der Waals surface area contributed by atoms with Gasteiger partial charge in [0.2, 0.25) is 0 Å². The number of halogens is 3. The van der Waals surface area contributed by atoms with Crippen LogP contribution in [0.1, 0.15) is 13.8 Å². The van der Waals surface area contributed by atoms with Gasteiger partial charge in [-0.15, -0.1) is 13.2 Å². The molecule has 0 aromatic carbocycles. The predicted octanol–water partition coefficient (Wildman–Crippen LogP) is 1.57. The number of piperazine rings is 1.